The van der Waals surface area contributed by atoms with Crippen molar-refractivity contribution in [2.24, 2.45) is 0 Å². The number of anilines is 1. The third-order valence-corrected chi connectivity index (χ3v) is 5.06. The number of methoxy groups -OCH3 is 1. The smallest absolute Gasteiger partial charge is 0.234 e. The molecule has 0 unspecified atom stereocenters. The third-order valence-electron chi connectivity index (χ3n) is 5.06. The van der Waals surface area contributed by atoms with Gasteiger partial charge in [-0.05, 0) is 25.5 Å². The Morgan fingerprint density at radius 1 is 1.15 bits per heavy atom. The van der Waals surface area contributed by atoms with Crippen LogP contribution in [0, 0.1) is 0 Å². The summed E-state index contributed by atoms with van der Waals surface area (Å²) in [6.07, 6.45) is 6.08. The van der Waals surface area contributed by atoms with Crippen LogP contribution in [0.1, 0.15) is 46.0 Å². The monoisotopic (exact) mass is 361 g/mol. The normalized spacial score (nSPS) is 16.3. The van der Waals surface area contributed by atoms with Gasteiger partial charge in [0.15, 0.2) is 0 Å². The Balaban J connectivity index is 1.70. The van der Waals surface area contributed by atoms with Crippen molar-refractivity contribution in [3.05, 3.63) is 24.3 Å². The van der Waals surface area contributed by atoms with E-state index < -0.39 is 0 Å². The maximum absolute atomic E-state index is 12.3. The molecule has 5 heteroatoms. The molecule has 0 aromatic heterocycles. The van der Waals surface area contributed by atoms with Crippen molar-refractivity contribution in [2.75, 3.05) is 44.7 Å². The summed E-state index contributed by atoms with van der Waals surface area (Å²) in [5, 5.41) is 3.15. The van der Waals surface area contributed by atoms with Crippen molar-refractivity contribution in [2.45, 2.75) is 52.0 Å². The van der Waals surface area contributed by atoms with Crippen LogP contribution in [-0.2, 0) is 4.79 Å². The van der Waals surface area contributed by atoms with Crippen LogP contribution < -0.4 is 15.0 Å². The van der Waals surface area contributed by atoms with Gasteiger partial charge in [0.25, 0.3) is 0 Å². The second-order valence-electron chi connectivity index (χ2n) is 7.25. The van der Waals surface area contributed by atoms with Crippen molar-refractivity contribution in [1.82, 2.24) is 10.2 Å². The number of nitrogens with one attached hydrogen (secondary N) is 1. The quantitative estimate of drug-likeness (QED) is 0.650. The summed E-state index contributed by atoms with van der Waals surface area (Å²) >= 11 is 0. The molecule has 1 aliphatic heterocycles. The molecule has 1 aromatic carbocycles. The minimum absolute atomic E-state index is 0.152. The van der Waals surface area contributed by atoms with E-state index in [0.29, 0.717) is 6.54 Å². The van der Waals surface area contributed by atoms with Crippen LogP contribution in [0.2, 0.25) is 0 Å². The molecule has 1 atom stereocenters. The molecule has 1 aromatic rings. The molecule has 1 fully saturated rings. The second kappa shape index (κ2) is 11.1. The zero-order chi connectivity index (χ0) is 18.8. The summed E-state index contributed by atoms with van der Waals surface area (Å²) < 4.78 is 5.46. The summed E-state index contributed by atoms with van der Waals surface area (Å²) in [5.41, 5.74) is 1.14. The standard InChI is InChI=1S/C21H35N3O2/c1-4-5-6-7-10-18(2)22-21(25)17-23-13-15-24(16-14-23)19-11-8-9-12-20(19)26-3/h8-9,11-12,18H,4-7,10,13-17H2,1-3H3,(H,22,25)/t18-/m1/s1. The second-order valence-corrected chi connectivity index (χ2v) is 7.25. The van der Waals surface area contributed by atoms with Gasteiger partial charge in [0.2, 0.25) is 5.91 Å². The molecule has 1 amide bonds. The van der Waals surface area contributed by atoms with E-state index >= 15 is 0 Å². The maximum Gasteiger partial charge on any atom is 0.234 e. The number of piperazine rings is 1. The highest BCUT2D eigenvalue weighted by atomic mass is 16.5. The molecule has 2 rings (SSSR count). The lowest BCUT2D eigenvalue weighted by molar-refractivity contribution is -0.123. The number of benzene rings is 1. The summed E-state index contributed by atoms with van der Waals surface area (Å²) in [6, 6.07) is 8.40. The van der Waals surface area contributed by atoms with Crippen LogP contribution in [0.3, 0.4) is 0 Å². The minimum Gasteiger partial charge on any atom is -0.495 e. The van der Waals surface area contributed by atoms with E-state index in [9.17, 15) is 4.79 Å². The molecule has 26 heavy (non-hydrogen) atoms. The van der Waals surface area contributed by atoms with Gasteiger partial charge in [-0.3, -0.25) is 9.69 Å². The number of hydrogen-bond acceptors (Lipinski definition) is 4. The van der Waals surface area contributed by atoms with E-state index in [1.807, 2.05) is 18.2 Å². The molecule has 1 N–H and O–H groups in total. The van der Waals surface area contributed by atoms with Gasteiger partial charge in [-0.1, -0.05) is 44.7 Å². The van der Waals surface area contributed by atoms with Gasteiger partial charge in [0.1, 0.15) is 5.75 Å². The number of hydrogen-bond donors (Lipinski definition) is 1. The Morgan fingerprint density at radius 2 is 1.88 bits per heavy atom. The SMILES string of the molecule is CCCCCC[C@@H](C)NC(=O)CN1CCN(c2ccccc2OC)CC1. The molecule has 0 aliphatic carbocycles. The lowest BCUT2D eigenvalue weighted by Gasteiger charge is -2.36. The van der Waals surface area contributed by atoms with Crippen LogP contribution in [0.15, 0.2) is 24.3 Å². The highest BCUT2D eigenvalue weighted by Gasteiger charge is 2.21. The van der Waals surface area contributed by atoms with Crippen molar-refractivity contribution in [3.63, 3.8) is 0 Å². The number of para-hydroxylation sites is 2. The Bertz CT molecular complexity index is 542. The first-order chi connectivity index (χ1) is 12.6. The molecule has 0 radical (unpaired) electrons. The molecular formula is C21H35N3O2. The van der Waals surface area contributed by atoms with Gasteiger partial charge in [-0.2, -0.15) is 0 Å². The average molecular weight is 362 g/mol. The number of nitrogens with zero attached hydrogens (tertiary/aromatic N) is 2. The minimum atomic E-state index is 0.152. The van der Waals surface area contributed by atoms with Crippen molar-refractivity contribution in [1.29, 1.82) is 0 Å². The molecular weight excluding hydrogens is 326 g/mol. The van der Waals surface area contributed by atoms with Crippen LogP contribution >= 0.6 is 0 Å². The largest absolute Gasteiger partial charge is 0.495 e. The zero-order valence-corrected chi connectivity index (χ0v) is 16.7. The molecule has 146 valence electrons. The number of carbonyl (C=O) groups is 1. The number of carbonyl (C=O) groups excluding carboxylic acids is 1. The molecule has 1 saturated heterocycles. The molecule has 5 nitrogen and oxygen atoms in total. The summed E-state index contributed by atoms with van der Waals surface area (Å²) in [7, 11) is 1.71. The fourth-order valence-electron chi connectivity index (χ4n) is 3.51. The first kappa shape index (κ1) is 20.6. The molecule has 0 spiro atoms. The zero-order valence-electron chi connectivity index (χ0n) is 16.7. The topological polar surface area (TPSA) is 44.8 Å². The number of rotatable bonds is 10. The van der Waals surface area contributed by atoms with E-state index in [-0.39, 0.29) is 11.9 Å². The first-order valence-corrected chi connectivity index (χ1v) is 10.0. The van der Waals surface area contributed by atoms with Gasteiger partial charge in [0, 0.05) is 32.2 Å². The Labute approximate surface area is 158 Å². The Kier molecular flexibility index (Phi) is 8.75. The van der Waals surface area contributed by atoms with Crippen LogP contribution in [0.25, 0.3) is 0 Å². The lowest BCUT2D eigenvalue weighted by atomic mass is 10.1. The first-order valence-electron chi connectivity index (χ1n) is 10.0. The van der Waals surface area contributed by atoms with Gasteiger partial charge in [-0.15, -0.1) is 0 Å². The van der Waals surface area contributed by atoms with E-state index in [1.165, 1.54) is 25.7 Å². The summed E-state index contributed by atoms with van der Waals surface area (Å²) in [5.74, 6) is 1.06. The highest BCUT2D eigenvalue weighted by molar-refractivity contribution is 5.78. The molecule has 0 bridgehead atoms. The summed E-state index contributed by atoms with van der Waals surface area (Å²) in [4.78, 5) is 16.9. The fourth-order valence-corrected chi connectivity index (χ4v) is 3.51. The van der Waals surface area contributed by atoms with Gasteiger partial charge >= 0.3 is 0 Å². The lowest BCUT2D eigenvalue weighted by Crippen LogP contribution is -2.50. The number of ether oxygens (including phenoxy) is 1. The Hall–Kier alpha value is -1.75. The Morgan fingerprint density at radius 3 is 2.58 bits per heavy atom. The third kappa shape index (κ3) is 6.52. The molecule has 0 saturated carbocycles. The summed E-state index contributed by atoms with van der Waals surface area (Å²) in [6.45, 7) is 8.47. The van der Waals surface area contributed by atoms with E-state index in [2.05, 4.69) is 35.0 Å². The van der Waals surface area contributed by atoms with Crippen molar-refractivity contribution >= 4 is 11.6 Å². The van der Waals surface area contributed by atoms with Gasteiger partial charge in [0.05, 0.1) is 19.3 Å². The maximum atomic E-state index is 12.3. The van der Waals surface area contributed by atoms with E-state index in [0.717, 1.165) is 44.0 Å². The highest BCUT2D eigenvalue weighted by Crippen LogP contribution is 2.28. The fraction of sp³-hybridized carbons (Fsp3) is 0.667. The molecule has 1 heterocycles. The number of amides is 1. The van der Waals surface area contributed by atoms with Crippen LogP contribution in [0.4, 0.5) is 5.69 Å². The van der Waals surface area contributed by atoms with Crippen LogP contribution in [0.5, 0.6) is 5.75 Å². The van der Waals surface area contributed by atoms with Crippen molar-refractivity contribution < 1.29 is 9.53 Å². The molecule has 1 aliphatic rings. The predicted molar refractivity (Wildman–Crippen MR) is 108 cm³/mol. The van der Waals surface area contributed by atoms with Crippen molar-refractivity contribution in [3.8, 4) is 5.75 Å². The van der Waals surface area contributed by atoms with E-state index in [4.69, 9.17) is 4.74 Å². The van der Waals surface area contributed by atoms with Gasteiger partial charge < -0.3 is 15.0 Å². The van der Waals surface area contributed by atoms with Gasteiger partial charge in [-0.25, -0.2) is 0 Å². The van der Waals surface area contributed by atoms with E-state index in [1.54, 1.807) is 7.11 Å². The predicted octanol–water partition coefficient (Wildman–Crippen LogP) is 3.29. The average Bonchev–Trinajstić information content (AvgIpc) is 2.66. The van der Waals surface area contributed by atoms with Crippen LogP contribution in [-0.4, -0.2) is 56.7 Å². The number of unbranched alkanes of at least 4 members (excludes halogenated alkanes) is 3.